The number of hydrogen-bond acceptors (Lipinski definition) is 4. The van der Waals surface area contributed by atoms with Crippen molar-refractivity contribution in [3.8, 4) is 0 Å². The Morgan fingerprint density at radius 2 is 2.00 bits per heavy atom. The normalized spacial score (nSPS) is 25.8. The van der Waals surface area contributed by atoms with Crippen LogP contribution in [0, 0.1) is 6.92 Å². The number of rotatable bonds is 3. The lowest BCUT2D eigenvalue weighted by Crippen LogP contribution is -2.72. The van der Waals surface area contributed by atoms with E-state index in [1.165, 1.54) is 0 Å². The summed E-state index contributed by atoms with van der Waals surface area (Å²) in [6.07, 6.45) is 0.570. The molecule has 1 aliphatic heterocycles. The standard InChI is InChI=1S/C14H21N3O2S/c1-6-14(5)12(19)17(13(3,4)11(18)16-14)7-10-8-20-9(2)15-10/h8H,6-7H2,1-5H3,(H,16,18). The van der Waals surface area contributed by atoms with Crippen molar-refractivity contribution >= 4 is 23.2 Å². The Morgan fingerprint density at radius 1 is 1.35 bits per heavy atom. The van der Waals surface area contributed by atoms with Gasteiger partial charge in [-0.3, -0.25) is 9.59 Å². The first-order chi connectivity index (χ1) is 9.20. The van der Waals surface area contributed by atoms with Crippen LogP contribution >= 0.6 is 11.3 Å². The van der Waals surface area contributed by atoms with Crippen molar-refractivity contribution in [1.29, 1.82) is 0 Å². The lowest BCUT2D eigenvalue weighted by atomic mass is 9.86. The molecule has 0 aromatic carbocycles. The van der Waals surface area contributed by atoms with Crippen molar-refractivity contribution in [3.63, 3.8) is 0 Å². The van der Waals surface area contributed by atoms with Crippen LogP contribution in [0.5, 0.6) is 0 Å². The Balaban J connectivity index is 2.35. The number of carbonyl (C=O) groups is 2. The summed E-state index contributed by atoms with van der Waals surface area (Å²) in [6.45, 7) is 9.53. The number of piperazine rings is 1. The number of amides is 2. The molecule has 0 spiro atoms. The summed E-state index contributed by atoms with van der Waals surface area (Å²) in [4.78, 5) is 31.1. The summed E-state index contributed by atoms with van der Waals surface area (Å²) >= 11 is 1.55. The molecular weight excluding hydrogens is 274 g/mol. The molecule has 1 unspecified atom stereocenters. The number of aryl methyl sites for hydroxylation is 1. The molecule has 0 aliphatic carbocycles. The Labute approximate surface area is 123 Å². The summed E-state index contributed by atoms with van der Waals surface area (Å²) in [5.41, 5.74) is -0.844. The monoisotopic (exact) mass is 295 g/mol. The van der Waals surface area contributed by atoms with Crippen molar-refractivity contribution < 1.29 is 9.59 Å². The van der Waals surface area contributed by atoms with Crippen molar-refractivity contribution in [2.24, 2.45) is 0 Å². The van der Waals surface area contributed by atoms with Gasteiger partial charge in [-0.15, -0.1) is 11.3 Å². The molecule has 2 heterocycles. The molecule has 6 heteroatoms. The molecule has 1 atom stereocenters. The molecular formula is C14H21N3O2S. The Hall–Kier alpha value is -1.43. The van der Waals surface area contributed by atoms with Crippen molar-refractivity contribution in [1.82, 2.24) is 15.2 Å². The maximum Gasteiger partial charge on any atom is 0.249 e. The van der Waals surface area contributed by atoms with Crippen molar-refractivity contribution in [2.45, 2.75) is 58.7 Å². The minimum atomic E-state index is -0.858. The quantitative estimate of drug-likeness (QED) is 0.926. The zero-order chi connectivity index (χ0) is 15.1. The maximum absolute atomic E-state index is 12.7. The van der Waals surface area contributed by atoms with E-state index in [1.54, 1.807) is 37.0 Å². The number of aromatic nitrogens is 1. The predicted octanol–water partition coefficient (Wildman–Crippen LogP) is 1.86. The fraction of sp³-hybridized carbons (Fsp3) is 0.643. The molecule has 1 N–H and O–H groups in total. The zero-order valence-electron chi connectivity index (χ0n) is 12.6. The number of nitrogens with zero attached hydrogens (tertiary/aromatic N) is 2. The van der Waals surface area contributed by atoms with Crippen LogP contribution in [0.15, 0.2) is 5.38 Å². The Kier molecular flexibility index (Phi) is 3.62. The molecule has 1 saturated heterocycles. The lowest BCUT2D eigenvalue weighted by Gasteiger charge is -2.48. The highest BCUT2D eigenvalue weighted by molar-refractivity contribution is 7.09. The zero-order valence-corrected chi connectivity index (χ0v) is 13.4. The summed E-state index contributed by atoms with van der Waals surface area (Å²) in [6, 6.07) is 0. The number of hydrogen-bond donors (Lipinski definition) is 1. The largest absolute Gasteiger partial charge is 0.340 e. The minimum Gasteiger partial charge on any atom is -0.340 e. The number of nitrogens with one attached hydrogen (secondary N) is 1. The molecule has 20 heavy (non-hydrogen) atoms. The average molecular weight is 295 g/mol. The van der Waals surface area contributed by atoms with E-state index >= 15 is 0 Å². The van der Waals surface area contributed by atoms with Gasteiger partial charge in [-0.05, 0) is 34.1 Å². The van der Waals surface area contributed by atoms with E-state index in [9.17, 15) is 9.59 Å². The molecule has 1 aromatic heterocycles. The van der Waals surface area contributed by atoms with E-state index in [0.29, 0.717) is 13.0 Å². The number of carbonyl (C=O) groups excluding carboxylic acids is 2. The molecule has 0 saturated carbocycles. The van der Waals surface area contributed by atoms with Crippen LogP contribution in [0.4, 0.5) is 0 Å². The van der Waals surface area contributed by atoms with Crippen LogP contribution < -0.4 is 5.32 Å². The first-order valence-electron chi connectivity index (χ1n) is 6.76. The van der Waals surface area contributed by atoms with Gasteiger partial charge in [-0.25, -0.2) is 4.98 Å². The fourth-order valence-electron chi connectivity index (χ4n) is 2.28. The molecule has 1 fully saturated rings. The van der Waals surface area contributed by atoms with Gasteiger partial charge in [-0.1, -0.05) is 6.92 Å². The molecule has 110 valence electrons. The molecule has 1 aromatic rings. The van der Waals surface area contributed by atoms with Crippen molar-refractivity contribution in [2.75, 3.05) is 0 Å². The van der Waals surface area contributed by atoms with Gasteiger partial charge in [0.05, 0.1) is 17.2 Å². The summed E-state index contributed by atoms with van der Waals surface area (Å²) in [7, 11) is 0. The third-order valence-corrected chi connectivity index (χ3v) is 4.85. The highest BCUT2D eigenvalue weighted by Crippen LogP contribution is 2.29. The van der Waals surface area contributed by atoms with Gasteiger partial charge >= 0.3 is 0 Å². The minimum absolute atomic E-state index is 0.0461. The molecule has 2 amide bonds. The van der Waals surface area contributed by atoms with Gasteiger partial charge < -0.3 is 10.2 Å². The van der Waals surface area contributed by atoms with E-state index in [0.717, 1.165) is 10.7 Å². The van der Waals surface area contributed by atoms with Gasteiger partial charge in [-0.2, -0.15) is 0 Å². The first-order valence-corrected chi connectivity index (χ1v) is 7.64. The van der Waals surface area contributed by atoms with E-state index in [4.69, 9.17) is 0 Å². The topological polar surface area (TPSA) is 62.3 Å². The van der Waals surface area contributed by atoms with E-state index in [2.05, 4.69) is 10.3 Å². The Morgan fingerprint density at radius 3 is 2.50 bits per heavy atom. The van der Waals surface area contributed by atoms with Gasteiger partial charge in [0.15, 0.2) is 0 Å². The summed E-state index contributed by atoms with van der Waals surface area (Å²) in [5, 5.41) is 5.76. The maximum atomic E-state index is 12.7. The lowest BCUT2D eigenvalue weighted by molar-refractivity contribution is -0.161. The second-order valence-electron chi connectivity index (χ2n) is 5.95. The van der Waals surface area contributed by atoms with Crippen LogP contribution in [-0.2, 0) is 16.1 Å². The first kappa shape index (κ1) is 15.0. The molecule has 0 radical (unpaired) electrons. The van der Waals surface area contributed by atoms with E-state index in [1.807, 2.05) is 19.2 Å². The van der Waals surface area contributed by atoms with Gasteiger partial charge in [0.2, 0.25) is 11.8 Å². The second-order valence-corrected chi connectivity index (χ2v) is 7.01. The van der Waals surface area contributed by atoms with Crippen LogP contribution in [0.25, 0.3) is 0 Å². The average Bonchev–Trinajstić information content (AvgIpc) is 2.78. The van der Waals surface area contributed by atoms with Crippen molar-refractivity contribution in [3.05, 3.63) is 16.1 Å². The smallest absolute Gasteiger partial charge is 0.249 e. The highest BCUT2D eigenvalue weighted by Gasteiger charge is 2.51. The molecule has 1 aliphatic rings. The second kappa shape index (κ2) is 4.84. The molecule has 2 rings (SSSR count). The van der Waals surface area contributed by atoms with E-state index < -0.39 is 11.1 Å². The van der Waals surface area contributed by atoms with E-state index in [-0.39, 0.29) is 11.8 Å². The van der Waals surface area contributed by atoms with Crippen LogP contribution in [0.1, 0.15) is 44.8 Å². The van der Waals surface area contributed by atoms with Gasteiger partial charge in [0.1, 0.15) is 11.1 Å². The SMILES string of the molecule is CCC1(C)NC(=O)C(C)(C)N(Cc2csc(C)n2)C1=O. The van der Waals surface area contributed by atoms with Gasteiger partial charge in [0.25, 0.3) is 0 Å². The van der Waals surface area contributed by atoms with Crippen LogP contribution in [0.2, 0.25) is 0 Å². The predicted molar refractivity (Wildman–Crippen MR) is 78.3 cm³/mol. The third-order valence-electron chi connectivity index (χ3n) is 4.03. The summed E-state index contributed by atoms with van der Waals surface area (Å²) in [5.74, 6) is -0.163. The Bertz CT molecular complexity index is 552. The third kappa shape index (κ3) is 2.32. The van der Waals surface area contributed by atoms with Crippen LogP contribution in [0.3, 0.4) is 0 Å². The molecule has 5 nitrogen and oxygen atoms in total. The van der Waals surface area contributed by atoms with Crippen LogP contribution in [-0.4, -0.2) is 32.8 Å². The summed E-state index contributed by atoms with van der Waals surface area (Å²) < 4.78 is 0. The highest BCUT2D eigenvalue weighted by atomic mass is 32.1. The number of thiazole rings is 1. The fourth-order valence-corrected chi connectivity index (χ4v) is 2.89. The van der Waals surface area contributed by atoms with Gasteiger partial charge in [0, 0.05) is 5.38 Å². The molecule has 0 bridgehead atoms.